The van der Waals surface area contributed by atoms with Crippen molar-refractivity contribution in [3.63, 3.8) is 0 Å². The van der Waals surface area contributed by atoms with E-state index >= 15 is 0 Å². The standard InChI is InChI=1S/C11H18N4O2/c1-2-3-8-9(12)10(15-14-8)11(17)13-6-4-7(16)5-6/h6-7,16H,2-5,12H2,1H3,(H,13,17)(H,14,15). The van der Waals surface area contributed by atoms with Crippen molar-refractivity contribution >= 4 is 11.6 Å². The summed E-state index contributed by atoms with van der Waals surface area (Å²) < 4.78 is 0. The van der Waals surface area contributed by atoms with E-state index in [2.05, 4.69) is 15.5 Å². The number of carbonyl (C=O) groups excluding carboxylic acids is 1. The molecule has 0 bridgehead atoms. The number of hydrogen-bond donors (Lipinski definition) is 4. The average molecular weight is 238 g/mol. The van der Waals surface area contributed by atoms with Gasteiger partial charge in [0.05, 0.1) is 17.5 Å². The lowest BCUT2D eigenvalue weighted by Gasteiger charge is -2.31. The quantitative estimate of drug-likeness (QED) is 0.601. The Balaban J connectivity index is 1.99. The largest absolute Gasteiger partial charge is 0.395 e. The second-order valence-corrected chi connectivity index (χ2v) is 4.51. The Bertz CT molecular complexity index is 410. The van der Waals surface area contributed by atoms with Crippen LogP contribution in [-0.4, -0.2) is 33.4 Å². The molecule has 0 atom stereocenters. The van der Waals surface area contributed by atoms with Crippen molar-refractivity contribution in [2.24, 2.45) is 0 Å². The number of nitrogens with one attached hydrogen (secondary N) is 2. The number of aliphatic hydroxyl groups excluding tert-OH is 1. The van der Waals surface area contributed by atoms with E-state index in [1.54, 1.807) is 0 Å². The SMILES string of the molecule is CCCc1[nH]nc(C(=O)NC2CC(O)C2)c1N. The third-order valence-corrected chi connectivity index (χ3v) is 3.05. The molecule has 0 saturated heterocycles. The molecule has 1 aliphatic rings. The summed E-state index contributed by atoms with van der Waals surface area (Å²) in [6.07, 6.45) is 2.67. The van der Waals surface area contributed by atoms with Crippen molar-refractivity contribution in [3.05, 3.63) is 11.4 Å². The average Bonchev–Trinajstić information content (AvgIpc) is 2.59. The number of rotatable bonds is 4. The fraction of sp³-hybridized carbons (Fsp3) is 0.636. The third kappa shape index (κ3) is 2.41. The van der Waals surface area contributed by atoms with Crippen molar-refractivity contribution in [1.82, 2.24) is 15.5 Å². The van der Waals surface area contributed by atoms with Gasteiger partial charge in [-0.2, -0.15) is 5.10 Å². The van der Waals surface area contributed by atoms with Crippen LogP contribution in [0.3, 0.4) is 0 Å². The lowest BCUT2D eigenvalue weighted by Crippen LogP contribution is -2.46. The Hall–Kier alpha value is -1.56. The first-order chi connectivity index (χ1) is 8.11. The normalized spacial score (nSPS) is 23.2. The van der Waals surface area contributed by atoms with Gasteiger partial charge >= 0.3 is 0 Å². The van der Waals surface area contributed by atoms with Crippen LogP contribution in [0.1, 0.15) is 42.4 Å². The molecule has 6 heteroatoms. The molecule has 1 aliphatic carbocycles. The van der Waals surface area contributed by atoms with Crippen LogP contribution in [0, 0.1) is 0 Å². The van der Waals surface area contributed by atoms with E-state index in [0.717, 1.165) is 18.5 Å². The molecule has 0 spiro atoms. The van der Waals surface area contributed by atoms with Crippen molar-refractivity contribution in [2.45, 2.75) is 44.8 Å². The number of aryl methyl sites for hydroxylation is 1. The van der Waals surface area contributed by atoms with Crippen LogP contribution in [0.5, 0.6) is 0 Å². The summed E-state index contributed by atoms with van der Waals surface area (Å²) in [6.45, 7) is 2.04. The molecule has 0 radical (unpaired) electrons. The van der Waals surface area contributed by atoms with Crippen LogP contribution in [0.15, 0.2) is 0 Å². The lowest BCUT2D eigenvalue weighted by molar-refractivity contribution is 0.0561. The van der Waals surface area contributed by atoms with Crippen LogP contribution in [-0.2, 0) is 6.42 Å². The smallest absolute Gasteiger partial charge is 0.274 e. The molecule has 94 valence electrons. The lowest BCUT2D eigenvalue weighted by atomic mass is 9.89. The van der Waals surface area contributed by atoms with Gasteiger partial charge in [0, 0.05) is 6.04 Å². The number of aromatic amines is 1. The second kappa shape index (κ2) is 4.75. The van der Waals surface area contributed by atoms with Gasteiger partial charge in [-0.25, -0.2) is 0 Å². The number of anilines is 1. The van der Waals surface area contributed by atoms with Crippen LogP contribution < -0.4 is 11.1 Å². The van der Waals surface area contributed by atoms with Crippen molar-refractivity contribution in [1.29, 1.82) is 0 Å². The molecular weight excluding hydrogens is 220 g/mol. The molecule has 1 aromatic heterocycles. The van der Waals surface area contributed by atoms with Crippen molar-refractivity contribution < 1.29 is 9.90 Å². The minimum absolute atomic E-state index is 0.0447. The highest BCUT2D eigenvalue weighted by molar-refractivity contribution is 5.97. The first kappa shape index (κ1) is 11.9. The summed E-state index contributed by atoms with van der Waals surface area (Å²) >= 11 is 0. The van der Waals surface area contributed by atoms with E-state index < -0.39 is 0 Å². The first-order valence-electron chi connectivity index (χ1n) is 5.93. The van der Waals surface area contributed by atoms with Crippen LogP contribution in [0.2, 0.25) is 0 Å². The predicted octanol–water partition coefficient (Wildman–Crippen LogP) is 0.197. The number of nitrogens with two attached hydrogens (primary N) is 1. The zero-order valence-corrected chi connectivity index (χ0v) is 9.86. The summed E-state index contributed by atoms with van der Waals surface area (Å²) in [5, 5.41) is 18.7. The van der Waals surface area contributed by atoms with Gasteiger partial charge < -0.3 is 16.2 Å². The molecule has 1 heterocycles. The molecule has 0 unspecified atom stereocenters. The first-order valence-corrected chi connectivity index (χ1v) is 5.93. The van der Waals surface area contributed by atoms with E-state index in [1.165, 1.54) is 0 Å². The van der Waals surface area contributed by atoms with Gasteiger partial charge in [-0.1, -0.05) is 13.3 Å². The monoisotopic (exact) mass is 238 g/mol. The van der Waals surface area contributed by atoms with E-state index in [0.29, 0.717) is 18.5 Å². The minimum atomic E-state index is -0.285. The van der Waals surface area contributed by atoms with Crippen LogP contribution in [0.4, 0.5) is 5.69 Å². The maximum absolute atomic E-state index is 11.8. The Morgan fingerprint density at radius 3 is 2.94 bits per heavy atom. The minimum Gasteiger partial charge on any atom is -0.395 e. The van der Waals surface area contributed by atoms with Gasteiger partial charge in [0.2, 0.25) is 0 Å². The van der Waals surface area contributed by atoms with Crippen molar-refractivity contribution in [2.75, 3.05) is 5.73 Å². The van der Waals surface area contributed by atoms with E-state index in [1.807, 2.05) is 6.92 Å². The molecule has 17 heavy (non-hydrogen) atoms. The number of aliphatic hydroxyl groups is 1. The highest BCUT2D eigenvalue weighted by Gasteiger charge is 2.29. The second-order valence-electron chi connectivity index (χ2n) is 4.51. The van der Waals surface area contributed by atoms with Gasteiger partial charge in [0.15, 0.2) is 5.69 Å². The number of H-pyrrole nitrogens is 1. The Morgan fingerprint density at radius 2 is 2.35 bits per heavy atom. The highest BCUT2D eigenvalue weighted by atomic mass is 16.3. The van der Waals surface area contributed by atoms with Gasteiger partial charge in [0.1, 0.15) is 0 Å². The zero-order valence-electron chi connectivity index (χ0n) is 9.86. The van der Waals surface area contributed by atoms with E-state index in [9.17, 15) is 4.79 Å². The topological polar surface area (TPSA) is 104 Å². The zero-order chi connectivity index (χ0) is 12.4. The summed E-state index contributed by atoms with van der Waals surface area (Å²) in [4.78, 5) is 11.8. The van der Waals surface area contributed by atoms with Crippen LogP contribution >= 0.6 is 0 Å². The maximum atomic E-state index is 11.8. The molecule has 1 amide bonds. The van der Waals surface area contributed by atoms with E-state index in [4.69, 9.17) is 10.8 Å². The number of aromatic nitrogens is 2. The van der Waals surface area contributed by atoms with Gasteiger partial charge in [0.25, 0.3) is 5.91 Å². The summed E-state index contributed by atoms with van der Waals surface area (Å²) in [6, 6.07) is 0.0447. The number of carbonyl (C=O) groups is 1. The molecule has 1 fully saturated rings. The van der Waals surface area contributed by atoms with Gasteiger partial charge in [-0.15, -0.1) is 0 Å². The van der Waals surface area contributed by atoms with Gasteiger partial charge in [-0.3, -0.25) is 9.89 Å². The number of hydrogen-bond acceptors (Lipinski definition) is 4. The Kier molecular flexibility index (Phi) is 3.33. The summed E-state index contributed by atoms with van der Waals surface area (Å²) in [5.74, 6) is -0.266. The molecular formula is C11H18N4O2. The number of amides is 1. The van der Waals surface area contributed by atoms with E-state index in [-0.39, 0.29) is 23.7 Å². The van der Waals surface area contributed by atoms with Crippen LogP contribution in [0.25, 0.3) is 0 Å². The fourth-order valence-electron chi connectivity index (χ4n) is 1.96. The fourth-order valence-corrected chi connectivity index (χ4v) is 1.96. The Labute approximate surface area is 99.6 Å². The number of nitrogen functional groups attached to an aromatic ring is 1. The highest BCUT2D eigenvalue weighted by Crippen LogP contribution is 2.21. The molecule has 1 saturated carbocycles. The third-order valence-electron chi connectivity index (χ3n) is 3.05. The molecule has 2 rings (SSSR count). The Morgan fingerprint density at radius 1 is 1.65 bits per heavy atom. The molecule has 1 aromatic rings. The summed E-state index contributed by atoms with van der Waals surface area (Å²) in [5.41, 5.74) is 7.35. The van der Waals surface area contributed by atoms with Gasteiger partial charge in [-0.05, 0) is 19.3 Å². The summed E-state index contributed by atoms with van der Waals surface area (Å²) in [7, 11) is 0. The number of nitrogens with zero attached hydrogens (tertiary/aromatic N) is 1. The predicted molar refractivity (Wildman–Crippen MR) is 63.5 cm³/mol. The molecule has 6 nitrogen and oxygen atoms in total. The maximum Gasteiger partial charge on any atom is 0.274 e. The molecule has 0 aromatic carbocycles. The van der Waals surface area contributed by atoms with Crippen molar-refractivity contribution in [3.8, 4) is 0 Å². The molecule has 5 N–H and O–H groups in total. The molecule has 0 aliphatic heterocycles.